The largest absolute Gasteiger partial charge is 0.397 e. The zero-order chi connectivity index (χ0) is 14.9. The Kier molecular flexibility index (Phi) is 3.78. The van der Waals surface area contributed by atoms with Crippen LogP contribution in [0.3, 0.4) is 0 Å². The number of nitrogens with one attached hydrogen (secondary N) is 1. The normalized spacial score (nSPS) is 11.8. The van der Waals surface area contributed by atoms with Crippen LogP contribution in [0.25, 0.3) is 0 Å². The van der Waals surface area contributed by atoms with Crippen molar-refractivity contribution in [2.24, 2.45) is 7.05 Å². The van der Waals surface area contributed by atoms with Crippen molar-refractivity contribution in [2.75, 3.05) is 5.73 Å². The van der Waals surface area contributed by atoms with Gasteiger partial charge in [-0.15, -0.1) is 10.2 Å². The highest BCUT2D eigenvalue weighted by Gasteiger charge is 2.21. The van der Waals surface area contributed by atoms with Crippen LogP contribution >= 0.6 is 0 Å². The second-order valence-electron chi connectivity index (χ2n) is 4.62. The van der Waals surface area contributed by atoms with Gasteiger partial charge in [-0.1, -0.05) is 12.1 Å². The van der Waals surface area contributed by atoms with Crippen molar-refractivity contribution >= 4 is 15.7 Å². The van der Waals surface area contributed by atoms with E-state index < -0.39 is 10.0 Å². The van der Waals surface area contributed by atoms with Gasteiger partial charge in [0.1, 0.15) is 17.0 Å². The third kappa shape index (κ3) is 2.66. The van der Waals surface area contributed by atoms with Gasteiger partial charge in [-0.2, -0.15) is 0 Å². The molecule has 0 atom stereocenters. The minimum Gasteiger partial charge on any atom is -0.397 e. The summed E-state index contributed by atoms with van der Waals surface area (Å²) in [6.07, 6.45) is 1.51. The Morgan fingerprint density at radius 2 is 1.95 bits per heavy atom. The summed E-state index contributed by atoms with van der Waals surface area (Å²) >= 11 is 0. The van der Waals surface area contributed by atoms with E-state index in [1.165, 1.54) is 6.33 Å². The molecule has 0 saturated heterocycles. The summed E-state index contributed by atoms with van der Waals surface area (Å²) in [6.45, 7) is 3.55. The monoisotopic (exact) mass is 295 g/mol. The van der Waals surface area contributed by atoms with Crippen molar-refractivity contribution in [3.63, 3.8) is 0 Å². The number of sulfonamides is 1. The summed E-state index contributed by atoms with van der Waals surface area (Å²) in [5.41, 5.74) is 7.51. The summed E-state index contributed by atoms with van der Waals surface area (Å²) in [5.74, 6) is 0.525. The van der Waals surface area contributed by atoms with E-state index in [0.29, 0.717) is 11.4 Å². The Bertz CT molecular complexity index is 736. The van der Waals surface area contributed by atoms with Crippen LogP contribution in [0.2, 0.25) is 0 Å². The molecule has 0 aliphatic rings. The maximum absolute atomic E-state index is 12.4. The van der Waals surface area contributed by atoms with Crippen LogP contribution in [-0.2, 0) is 23.6 Å². The number of anilines is 1. The van der Waals surface area contributed by atoms with Gasteiger partial charge in [0, 0.05) is 7.05 Å². The number of benzene rings is 1. The van der Waals surface area contributed by atoms with Crippen LogP contribution in [-0.4, -0.2) is 23.2 Å². The molecule has 0 unspecified atom stereocenters. The number of rotatable bonds is 4. The predicted octanol–water partition coefficient (Wildman–Crippen LogP) is 0.493. The molecular weight excluding hydrogens is 278 g/mol. The van der Waals surface area contributed by atoms with E-state index in [0.717, 1.165) is 5.56 Å². The molecule has 1 heterocycles. The van der Waals surface area contributed by atoms with Crippen LogP contribution in [0.1, 0.15) is 17.0 Å². The highest BCUT2D eigenvalue weighted by atomic mass is 32.2. The van der Waals surface area contributed by atoms with Crippen molar-refractivity contribution in [1.82, 2.24) is 19.5 Å². The van der Waals surface area contributed by atoms with E-state index >= 15 is 0 Å². The number of aromatic nitrogens is 3. The molecule has 2 rings (SSSR count). The Balaban J connectivity index is 2.32. The van der Waals surface area contributed by atoms with Crippen molar-refractivity contribution in [3.8, 4) is 0 Å². The average molecular weight is 295 g/mol. The quantitative estimate of drug-likeness (QED) is 0.799. The molecule has 1 aromatic heterocycles. The fourth-order valence-corrected chi connectivity index (χ4v) is 3.27. The lowest BCUT2D eigenvalue weighted by molar-refractivity contribution is 0.577. The standard InChI is InChI=1S/C12H17N5O2S/c1-8-4-5-9(2)12(11(8)13)20(18,19)15-6-10-16-14-7-17(10)3/h4-5,7,15H,6,13H2,1-3H3. The fraction of sp³-hybridized carbons (Fsp3) is 0.333. The number of hydrogen-bond acceptors (Lipinski definition) is 5. The Morgan fingerprint density at radius 3 is 2.55 bits per heavy atom. The van der Waals surface area contributed by atoms with Gasteiger partial charge in [-0.25, -0.2) is 13.1 Å². The average Bonchev–Trinajstić information content (AvgIpc) is 2.77. The highest BCUT2D eigenvalue weighted by molar-refractivity contribution is 7.89. The third-order valence-electron chi connectivity index (χ3n) is 3.11. The molecule has 0 amide bonds. The minimum atomic E-state index is -3.69. The van der Waals surface area contributed by atoms with Gasteiger partial charge in [0.25, 0.3) is 0 Å². The maximum Gasteiger partial charge on any atom is 0.243 e. The summed E-state index contributed by atoms with van der Waals surface area (Å²) in [7, 11) is -1.95. The van der Waals surface area contributed by atoms with E-state index in [-0.39, 0.29) is 17.1 Å². The summed E-state index contributed by atoms with van der Waals surface area (Å²) in [4.78, 5) is 0.125. The van der Waals surface area contributed by atoms with Crippen molar-refractivity contribution in [2.45, 2.75) is 25.3 Å². The summed E-state index contributed by atoms with van der Waals surface area (Å²) in [5, 5.41) is 7.53. The molecule has 0 fully saturated rings. The first-order valence-corrected chi connectivity index (χ1v) is 7.49. The second kappa shape index (κ2) is 5.22. The van der Waals surface area contributed by atoms with Crippen molar-refractivity contribution in [3.05, 3.63) is 35.4 Å². The summed E-state index contributed by atoms with van der Waals surface area (Å²) in [6, 6.07) is 3.54. The molecule has 7 nitrogen and oxygen atoms in total. The Labute approximate surface area is 117 Å². The van der Waals surface area contributed by atoms with Crippen LogP contribution < -0.4 is 10.5 Å². The molecule has 20 heavy (non-hydrogen) atoms. The van der Waals surface area contributed by atoms with Crippen molar-refractivity contribution < 1.29 is 8.42 Å². The first-order chi connectivity index (χ1) is 9.33. The van der Waals surface area contributed by atoms with E-state index in [1.807, 2.05) is 0 Å². The number of nitrogen functional groups attached to an aromatic ring is 1. The van der Waals surface area contributed by atoms with Crippen LogP contribution in [0.15, 0.2) is 23.4 Å². The van der Waals surface area contributed by atoms with Gasteiger partial charge in [-0.3, -0.25) is 0 Å². The van der Waals surface area contributed by atoms with Gasteiger partial charge in [0.15, 0.2) is 0 Å². The van der Waals surface area contributed by atoms with Gasteiger partial charge in [-0.05, 0) is 25.0 Å². The lowest BCUT2D eigenvalue weighted by Gasteiger charge is -2.13. The molecule has 8 heteroatoms. The molecule has 3 N–H and O–H groups in total. The Hall–Kier alpha value is -1.93. The van der Waals surface area contributed by atoms with Crippen molar-refractivity contribution in [1.29, 1.82) is 0 Å². The predicted molar refractivity (Wildman–Crippen MR) is 75.4 cm³/mol. The lowest BCUT2D eigenvalue weighted by atomic mass is 10.1. The van der Waals surface area contributed by atoms with Gasteiger partial charge < -0.3 is 10.3 Å². The first-order valence-electron chi connectivity index (χ1n) is 6.01. The van der Waals surface area contributed by atoms with Gasteiger partial charge >= 0.3 is 0 Å². The molecule has 0 spiro atoms. The van der Waals surface area contributed by atoms with Crippen LogP contribution in [0.5, 0.6) is 0 Å². The number of hydrogen-bond donors (Lipinski definition) is 2. The molecule has 1 aromatic carbocycles. The fourth-order valence-electron chi connectivity index (χ4n) is 1.86. The molecule has 108 valence electrons. The molecule has 0 aliphatic carbocycles. The number of aryl methyl sites for hydroxylation is 3. The van der Waals surface area contributed by atoms with E-state index in [4.69, 9.17) is 5.73 Å². The van der Waals surface area contributed by atoms with Crippen LogP contribution in [0.4, 0.5) is 5.69 Å². The molecule has 2 aromatic rings. The second-order valence-corrected chi connectivity index (χ2v) is 6.33. The molecule has 0 saturated carbocycles. The van der Waals surface area contributed by atoms with Gasteiger partial charge in [0.05, 0.1) is 12.2 Å². The van der Waals surface area contributed by atoms with E-state index in [9.17, 15) is 8.42 Å². The highest BCUT2D eigenvalue weighted by Crippen LogP contribution is 2.25. The zero-order valence-electron chi connectivity index (χ0n) is 11.6. The minimum absolute atomic E-state index is 0.0612. The summed E-state index contributed by atoms with van der Waals surface area (Å²) < 4.78 is 28.9. The zero-order valence-corrected chi connectivity index (χ0v) is 12.4. The number of nitrogens with zero attached hydrogens (tertiary/aromatic N) is 3. The molecule has 0 aliphatic heterocycles. The van der Waals surface area contributed by atoms with E-state index in [1.54, 1.807) is 37.6 Å². The Morgan fingerprint density at radius 1 is 1.30 bits per heavy atom. The SMILES string of the molecule is Cc1ccc(C)c(S(=O)(=O)NCc2nncn2C)c1N. The first kappa shape index (κ1) is 14.5. The lowest BCUT2D eigenvalue weighted by Crippen LogP contribution is -2.26. The molecular formula is C12H17N5O2S. The molecule has 0 bridgehead atoms. The third-order valence-corrected chi connectivity index (χ3v) is 4.71. The molecule has 0 radical (unpaired) electrons. The topological polar surface area (TPSA) is 103 Å². The van der Waals surface area contributed by atoms with Crippen LogP contribution in [0, 0.1) is 13.8 Å². The smallest absolute Gasteiger partial charge is 0.243 e. The maximum atomic E-state index is 12.4. The van der Waals surface area contributed by atoms with E-state index in [2.05, 4.69) is 14.9 Å². The number of nitrogens with two attached hydrogens (primary N) is 1. The van der Waals surface area contributed by atoms with Gasteiger partial charge in [0.2, 0.25) is 10.0 Å².